The molecule has 0 fully saturated rings. The molecule has 1 aromatic carbocycles. The molecule has 0 unspecified atom stereocenters. The number of amides is 1. The summed E-state index contributed by atoms with van der Waals surface area (Å²) in [4.78, 5) is 19.5. The number of halogens is 1. The first-order chi connectivity index (χ1) is 9.15. The highest BCUT2D eigenvalue weighted by molar-refractivity contribution is 6.33. The molecule has 1 amide bonds. The van der Waals surface area contributed by atoms with Crippen molar-refractivity contribution >= 4 is 28.9 Å². The third kappa shape index (κ3) is 3.93. The van der Waals surface area contributed by atoms with Gasteiger partial charge in [0, 0.05) is 24.5 Å². The molecule has 0 atom stereocenters. The van der Waals surface area contributed by atoms with Gasteiger partial charge < -0.3 is 11.1 Å². The first-order valence-electron chi connectivity index (χ1n) is 5.74. The van der Waals surface area contributed by atoms with Crippen molar-refractivity contribution < 1.29 is 4.79 Å². The largest absolute Gasteiger partial charge is 0.398 e. The average Bonchev–Trinajstić information content (AvgIpc) is 2.42. The normalized spacial score (nSPS) is 10.2. The quantitative estimate of drug-likeness (QED) is 0.840. The van der Waals surface area contributed by atoms with Gasteiger partial charge in [-0.2, -0.15) is 0 Å². The van der Waals surface area contributed by atoms with E-state index in [1.165, 1.54) is 6.33 Å². The van der Waals surface area contributed by atoms with E-state index in [1.54, 1.807) is 30.6 Å². The number of aromatic nitrogens is 2. The molecule has 6 heteroatoms. The minimum atomic E-state index is -0.0929. The smallest absolute Gasteiger partial charge is 0.224 e. The van der Waals surface area contributed by atoms with E-state index in [0.717, 1.165) is 5.56 Å². The van der Waals surface area contributed by atoms with E-state index in [9.17, 15) is 4.79 Å². The maximum absolute atomic E-state index is 11.8. The molecule has 0 saturated heterocycles. The SMILES string of the molecule is Nc1ccc(NC(=O)CCc2cncnc2)cc1Cl. The van der Waals surface area contributed by atoms with E-state index in [1.807, 2.05) is 0 Å². The second-order valence-corrected chi connectivity index (χ2v) is 4.44. The lowest BCUT2D eigenvalue weighted by molar-refractivity contribution is -0.116. The maximum Gasteiger partial charge on any atom is 0.224 e. The summed E-state index contributed by atoms with van der Waals surface area (Å²) in [7, 11) is 0. The van der Waals surface area contributed by atoms with Crippen LogP contribution in [-0.2, 0) is 11.2 Å². The number of nitrogens with zero attached hydrogens (tertiary/aromatic N) is 2. The van der Waals surface area contributed by atoms with E-state index >= 15 is 0 Å². The van der Waals surface area contributed by atoms with Crippen molar-refractivity contribution in [3.8, 4) is 0 Å². The van der Waals surface area contributed by atoms with Crippen LogP contribution in [0.5, 0.6) is 0 Å². The van der Waals surface area contributed by atoms with Crippen LogP contribution >= 0.6 is 11.6 Å². The molecule has 98 valence electrons. The lowest BCUT2D eigenvalue weighted by Crippen LogP contribution is -2.12. The molecule has 0 radical (unpaired) electrons. The number of benzene rings is 1. The van der Waals surface area contributed by atoms with Crippen molar-refractivity contribution in [3.05, 3.63) is 47.5 Å². The summed E-state index contributed by atoms with van der Waals surface area (Å²) < 4.78 is 0. The number of hydrogen-bond acceptors (Lipinski definition) is 4. The van der Waals surface area contributed by atoms with Gasteiger partial charge in [-0.1, -0.05) is 11.6 Å². The zero-order valence-electron chi connectivity index (χ0n) is 10.1. The van der Waals surface area contributed by atoms with Gasteiger partial charge >= 0.3 is 0 Å². The second-order valence-electron chi connectivity index (χ2n) is 4.03. The number of carbonyl (C=O) groups excluding carboxylic acids is 1. The van der Waals surface area contributed by atoms with Crippen LogP contribution in [0.1, 0.15) is 12.0 Å². The maximum atomic E-state index is 11.8. The highest BCUT2D eigenvalue weighted by Gasteiger charge is 2.05. The fraction of sp³-hybridized carbons (Fsp3) is 0.154. The van der Waals surface area contributed by atoms with E-state index in [2.05, 4.69) is 15.3 Å². The zero-order chi connectivity index (χ0) is 13.7. The van der Waals surface area contributed by atoms with Crippen LogP contribution in [0.25, 0.3) is 0 Å². The summed E-state index contributed by atoms with van der Waals surface area (Å²) in [6, 6.07) is 4.99. The highest BCUT2D eigenvalue weighted by Crippen LogP contribution is 2.22. The standard InChI is InChI=1S/C13H13ClN4O/c14-11-5-10(2-3-12(11)15)18-13(19)4-1-9-6-16-8-17-7-9/h2-3,5-8H,1,4,15H2,(H,18,19). The minimum absolute atomic E-state index is 0.0929. The Kier molecular flexibility index (Phi) is 4.30. The average molecular weight is 277 g/mol. The van der Waals surface area contributed by atoms with Crippen molar-refractivity contribution in [1.82, 2.24) is 9.97 Å². The molecule has 0 spiro atoms. The molecule has 0 bridgehead atoms. The van der Waals surface area contributed by atoms with Gasteiger partial charge in [0.15, 0.2) is 0 Å². The molecule has 0 aliphatic rings. The molecule has 19 heavy (non-hydrogen) atoms. The zero-order valence-corrected chi connectivity index (χ0v) is 10.9. The predicted molar refractivity (Wildman–Crippen MR) is 74.8 cm³/mol. The van der Waals surface area contributed by atoms with Crippen molar-refractivity contribution in [3.63, 3.8) is 0 Å². The topological polar surface area (TPSA) is 80.9 Å². The molecular formula is C13H13ClN4O. The molecular weight excluding hydrogens is 264 g/mol. The number of nitrogen functional groups attached to an aromatic ring is 1. The summed E-state index contributed by atoms with van der Waals surface area (Å²) in [5.41, 5.74) is 7.64. The Morgan fingerprint density at radius 3 is 2.74 bits per heavy atom. The molecule has 1 aromatic heterocycles. The Morgan fingerprint density at radius 2 is 2.05 bits per heavy atom. The van der Waals surface area contributed by atoms with Crippen LogP contribution in [0, 0.1) is 0 Å². The van der Waals surface area contributed by atoms with Gasteiger partial charge in [-0.25, -0.2) is 9.97 Å². The Labute approximate surface area is 115 Å². The first-order valence-corrected chi connectivity index (χ1v) is 6.12. The van der Waals surface area contributed by atoms with Crippen LogP contribution in [0.2, 0.25) is 5.02 Å². The lowest BCUT2D eigenvalue weighted by Gasteiger charge is -2.06. The number of nitrogens with one attached hydrogen (secondary N) is 1. The van der Waals surface area contributed by atoms with Gasteiger partial charge in [0.25, 0.3) is 0 Å². The number of carbonyl (C=O) groups is 1. The van der Waals surface area contributed by atoms with Crippen LogP contribution in [0.3, 0.4) is 0 Å². The summed E-state index contributed by atoms with van der Waals surface area (Å²) >= 11 is 5.88. The number of anilines is 2. The minimum Gasteiger partial charge on any atom is -0.398 e. The van der Waals surface area contributed by atoms with Crippen molar-refractivity contribution in [2.45, 2.75) is 12.8 Å². The number of rotatable bonds is 4. The van der Waals surface area contributed by atoms with E-state index in [4.69, 9.17) is 17.3 Å². The molecule has 0 saturated carbocycles. The Balaban J connectivity index is 1.89. The molecule has 1 heterocycles. The van der Waals surface area contributed by atoms with Crippen molar-refractivity contribution in [2.24, 2.45) is 0 Å². The Hall–Kier alpha value is -2.14. The summed E-state index contributed by atoms with van der Waals surface area (Å²) in [5, 5.41) is 3.19. The Bertz CT molecular complexity index is 574. The van der Waals surface area contributed by atoms with Crippen LogP contribution in [0.15, 0.2) is 36.9 Å². The molecule has 2 aromatic rings. The van der Waals surface area contributed by atoms with Crippen molar-refractivity contribution in [2.75, 3.05) is 11.1 Å². The number of aryl methyl sites for hydroxylation is 1. The predicted octanol–water partition coefficient (Wildman–Crippen LogP) is 2.28. The summed E-state index contributed by atoms with van der Waals surface area (Å²) in [6.45, 7) is 0. The molecule has 2 rings (SSSR count). The molecule has 5 nitrogen and oxygen atoms in total. The van der Waals surface area contributed by atoms with Gasteiger partial charge in [0.05, 0.1) is 10.7 Å². The second kappa shape index (κ2) is 6.15. The third-order valence-corrected chi connectivity index (χ3v) is 2.87. The highest BCUT2D eigenvalue weighted by atomic mass is 35.5. The number of hydrogen-bond donors (Lipinski definition) is 2. The van der Waals surface area contributed by atoms with Crippen LogP contribution in [-0.4, -0.2) is 15.9 Å². The Morgan fingerprint density at radius 1 is 1.32 bits per heavy atom. The fourth-order valence-corrected chi connectivity index (χ4v) is 1.73. The fourth-order valence-electron chi connectivity index (χ4n) is 1.55. The van der Waals surface area contributed by atoms with Crippen LogP contribution < -0.4 is 11.1 Å². The third-order valence-electron chi connectivity index (χ3n) is 2.54. The van der Waals surface area contributed by atoms with Crippen LogP contribution in [0.4, 0.5) is 11.4 Å². The first kappa shape index (κ1) is 13.3. The van der Waals surface area contributed by atoms with E-state index < -0.39 is 0 Å². The monoisotopic (exact) mass is 276 g/mol. The van der Waals surface area contributed by atoms with E-state index in [0.29, 0.717) is 29.2 Å². The molecule has 0 aliphatic carbocycles. The number of nitrogens with two attached hydrogens (primary N) is 1. The van der Waals surface area contributed by atoms with Gasteiger partial charge in [-0.15, -0.1) is 0 Å². The lowest BCUT2D eigenvalue weighted by atomic mass is 10.2. The summed E-state index contributed by atoms with van der Waals surface area (Å²) in [6.07, 6.45) is 5.80. The van der Waals surface area contributed by atoms with Gasteiger partial charge in [-0.05, 0) is 30.2 Å². The van der Waals surface area contributed by atoms with Gasteiger partial charge in [0.2, 0.25) is 5.91 Å². The van der Waals surface area contributed by atoms with Crippen molar-refractivity contribution in [1.29, 1.82) is 0 Å². The molecule has 3 N–H and O–H groups in total. The molecule has 0 aliphatic heterocycles. The summed E-state index contributed by atoms with van der Waals surface area (Å²) in [5.74, 6) is -0.0929. The van der Waals surface area contributed by atoms with E-state index in [-0.39, 0.29) is 5.91 Å². The van der Waals surface area contributed by atoms with Gasteiger partial charge in [0.1, 0.15) is 6.33 Å². The van der Waals surface area contributed by atoms with Gasteiger partial charge in [-0.3, -0.25) is 4.79 Å².